The average molecular weight is 219 g/mol. The third-order valence-corrected chi connectivity index (χ3v) is 2.46. The summed E-state index contributed by atoms with van der Waals surface area (Å²) in [5.41, 5.74) is 0. The summed E-state index contributed by atoms with van der Waals surface area (Å²) in [7, 11) is 0. The van der Waals surface area contributed by atoms with Crippen LogP contribution in [0.3, 0.4) is 0 Å². The predicted octanol–water partition coefficient (Wildman–Crippen LogP) is 0.303. The smallest absolute Gasteiger partial charge is 0.181 e. The minimum atomic E-state index is 0.0774. The number of quaternary nitrogens is 1. The second-order valence-corrected chi connectivity index (χ2v) is 3.72. The number of ether oxygens (including phenoxy) is 2. The van der Waals surface area contributed by atoms with E-state index in [0.717, 1.165) is 24.6 Å². The third kappa shape index (κ3) is 2.65. The maximum absolute atomic E-state index is 8.41. The first kappa shape index (κ1) is 10.8. The summed E-state index contributed by atoms with van der Waals surface area (Å²) in [6.45, 7) is 2.23. The Balaban J connectivity index is 1.82. The number of benzene rings is 1. The zero-order valence-electron chi connectivity index (χ0n) is 9.06. The SMILES string of the molecule is N#CCC[NH2+]C[C@@H]1COc2ccccc2O1. The lowest BCUT2D eigenvalue weighted by molar-refractivity contribution is -0.659. The first-order chi connectivity index (χ1) is 7.90. The van der Waals surface area contributed by atoms with Gasteiger partial charge in [0.05, 0.1) is 19.0 Å². The molecule has 0 aliphatic carbocycles. The van der Waals surface area contributed by atoms with Crippen LogP contribution >= 0.6 is 0 Å². The van der Waals surface area contributed by atoms with Crippen LogP contribution in [0.1, 0.15) is 6.42 Å². The van der Waals surface area contributed by atoms with E-state index in [1.54, 1.807) is 0 Å². The fourth-order valence-corrected chi connectivity index (χ4v) is 1.65. The molecule has 2 rings (SSSR count). The summed E-state index contributed by atoms with van der Waals surface area (Å²) < 4.78 is 11.4. The van der Waals surface area contributed by atoms with E-state index < -0.39 is 0 Å². The Labute approximate surface area is 94.8 Å². The van der Waals surface area contributed by atoms with Gasteiger partial charge >= 0.3 is 0 Å². The van der Waals surface area contributed by atoms with E-state index in [2.05, 4.69) is 11.4 Å². The van der Waals surface area contributed by atoms with Gasteiger partial charge in [-0.3, -0.25) is 0 Å². The molecular weight excluding hydrogens is 204 g/mol. The first-order valence-corrected chi connectivity index (χ1v) is 5.47. The molecular formula is C12H15N2O2+. The van der Waals surface area contributed by atoms with Gasteiger partial charge in [0.15, 0.2) is 17.6 Å². The third-order valence-electron chi connectivity index (χ3n) is 2.46. The summed E-state index contributed by atoms with van der Waals surface area (Å²) in [5, 5.41) is 10.5. The van der Waals surface area contributed by atoms with Crippen LogP contribution in [-0.4, -0.2) is 25.8 Å². The molecule has 1 aromatic rings. The Morgan fingerprint density at radius 3 is 3.00 bits per heavy atom. The number of para-hydroxylation sites is 2. The van der Waals surface area contributed by atoms with Crippen LogP contribution in [0.2, 0.25) is 0 Å². The fourth-order valence-electron chi connectivity index (χ4n) is 1.65. The number of hydrogen-bond donors (Lipinski definition) is 1. The topological polar surface area (TPSA) is 58.9 Å². The van der Waals surface area contributed by atoms with Crippen molar-refractivity contribution >= 4 is 0 Å². The van der Waals surface area contributed by atoms with E-state index in [9.17, 15) is 0 Å². The molecule has 0 saturated carbocycles. The molecule has 1 aromatic carbocycles. The zero-order chi connectivity index (χ0) is 11.2. The van der Waals surface area contributed by atoms with E-state index in [-0.39, 0.29) is 6.10 Å². The quantitative estimate of drug-likeness (QED) is 0.741. The summed E-state index contributed by atoms with van der Waals surface area (Å²) in [6.07, 6.45) is 0.651. The number of nitriles is 1. The highest BCUT2D eigenvalue weighted by atomic mass is 16.6. The first-order valence-electron chi connectivity index (χ1n) is 5.47. The number of fused-ring (bicyclic) bond motifs is 1. The fraction of sp³-hybridized carbons (Fsp3) is 0.417. The molecule has 4 nitrogen and oxygen atoms in total. The zero-order valence-corrected chi connectivity index (χ0v) is 9.06. The van der Waals surface area contributed by atoms with Gasteiger partial charge in [-0.2, -0.15) is 5.26 Å². The molecule has 0 radical (unpaired) electrons. The van der Waals surface area contributed by atoms with Crippen molar-refractivity contribution in [3.05, 3.63) is 24.3 Å². The molecule has 0 bridgehead atoms. The van der Waals surface area contributed by atoms with Crippen molar-refractivity contribution in [1.82, 2.24) is 0 Å². The lowest BCUT2D eigenvalue weighted by Gasteiger charge is -2.25. The minimum Gasteiger partial charge on any atom is -0.486 e. The summed E-state index contributed by atoms with van der Waals surface area (Å²) in [6, 6.07) is 9.81. The van der Waals surface area contributed by atoms with Gasteiger partial charge < -0.3 is 14.8 Å². The molecule has 0 aromatic heterocycles. The summed E-state index contributed by atoms with van der Waals surface area (Å²) >= 11 is 0. The Morgan fingerprint density at radius 1 is 1.38 bits per heavy atom. The van der Waals surface area contributed by atoms with E-state index in [0.29, 0.717) is 13.0 Å². The number of hydrogen-bond acceptors (Lipinski definition) is 3. The molecule has 4 heteroatoms. The van der Waals surface area contributed by atoms with E-state index >= 15 is 0 Å². The maximum Gasteiger partial charge on any atom is 0.181 e. The second kappa shape index (κ2) is 5.38. The molecule has 0 saturated heterocycles. The van der Waals surface area contributed by atoms with Gasteiger partial charge in [-0.1, -0.05) is 12.1 Å². The Bertz CT molecular complexity index is 387. The van der Waals surface area contributed by atoms with Crippen LogP contribution in [0.4, 0.5) is 0 Å². The molecule has 1 aliphatic rings. The molecule has 84 valence electrons. The van der Waals surface area contributed by atoms with Crippen LogP contribution in [0.5, 0.6) is 11.5 Å². The van der Waals surface area contributed by atoms with Crippen LogP contribution in [-0.2, 0) is 0 Å². The van der Waals surface area contributed by atoms with Gasteiger partial charge in [-0.05, 0) is 12.1 Å². The van der Waals surface area contributed by atoms with Crippen molar-refractivity contribution in [2.24, 2.45) is 0 Å². The maximum atomic E-state index is 8.41. The highest BCUT2D eigenvalue weighted by molar-refractivity contribution is 5.40. The van der Waals surface area contributed by atoms with Gasteiger partial charge in [0.1, 0.15) is 13.2 Å². The Kier molecular flexibility index (Phi) is 3.62. The monoisotopic (exact) mass is 219 g/mol. The van der Waals surface area contributed by atoms with Crippen LogP contribution in [0.15, 0.2) is 24.3 Å². The average Bonchev–Trinajstić information content (AvgIpc) is 2.34. The highest BCUT2D eigenvalue weighted by Crippen LogP contribution is 2.30. The molecule has 1 aliphatic heterocycles. The van der Waals surface area contributed by atoms with E-state index in [4.69, 9.17) is 14.7 Å². The predicted molar refractivity (Wildman–Crippen MR) is 58.2 cm³/mol. The molecule has 16 heavy (non-hydrogen) atoms. The molecule has 2 N–H and O–H groups in total. The van der Waals surface area contributed by atoms with Crippen molar-refractivity contribution in [1.29, 1.82) is 5.26 Å². The summed E-state index contributed by atoms with van der Waals surface area (Å²) in [4.78, 5) is 0. The van der Waals surface area contributed by atoms with E-state index in [1.807, 2.05) is 24.3 Å². The van der Waals surface area contributed by atoms with Gasteiger partial charge in [0, 0.05) is 0 Å². The Hall–Kier alpha value is -1.73. The van der Waals surface area contributed by atoms with Crippen molar-refractivity contribution < 1.29 is 14.8 Å². The van der Waals surface area contributed by atoms with Crippen molar-refractivity contribution in [3.8, 4) is 17.6 Å². The number of nitrogens with two attached hydrogens (primary N) is 1. The number of rotatable bonds is 4. The van der Waals surface area contributed by atoms with Crippen LogP contribution in [0.25, 0.3) is 0 Å². The highest BCUT2D eigenvalue weighted by Gasteiger charge is 2.21. The number of nitrogens with zero attached hydrogens (tertiary/aromatic N) is 1. The van der Waals surface area contributed by atoms with Gasteiger partial charge in [0.2, 0.25) is 0 Å². The lowest BCUT2D eigenvalue weighted by Crippen LogP contribution is -2.87. The minimum absolute atomic E-state index is 0.0774. The summed E-state index contributed by atoms with van der Waals surface area (Å²) in [5.74, 6) is 1.63. The van der Waals surface area contributed by atoms with Crippen LogP contribution < -0.4 is 14.8 Å². The van der Waals surface area contributed by atoms with Crippen molar-refractivity contribution in [2.75, 3.05) is 19.7 Å². The molecule has 1 heterocycles. The second-order valence-electron chi connectivity index (χ2n) is 3.72. The standard InChI is InChI=1S/C12H14N2O2/c13-6-3-7-14-8-10-9-15-11-4-1-2-5-12(11)16-10/h1-2,4-5,10,14H,3,7-9H2/p+1/t10-/m1/s1. The van der Waals surface area contributed by atoms with Crippen molar-refractivity contribution in [3.63, 3.8) is 0 Å². The Morgan fingerprint density at radius 2 is 2.19 bits per heavy atom. The molecule has 0 fully saturated rings. The lowest BCUT2D eigenvalue weighted by atomic mass is 10.2. The molecule has 0 spiro atoms. The van der Waals surface area contributed by atoms with Gasteiger partial charge in [0.25, 0.3) is 0 Å². The van der Waals surface area contributed by atoms with Gasteiger partial charge in [-0.25, -0.2) is 0 Å². The normalized spacial score (nSPS) is 17.8. The molecule has 1 atom stereocenters. The van der Waals surface area contributed by atoms with Crippen LogP contribution in [0, 0.1) is 11.3 Å². The van der Waals surface area contributed by atoms with Gasteiger partial charge in [-0.15, -0.1) is 0 Å². The largest absolute Gasteiger partial charge is 0.486 e. The van der Waals surface area contributed by atoms with E-state index in [1.165, 1.54) is 0 Å². The van der Waals surface area contributed by atoms with Crippen molar-refractivity contribution in [2.45, 2.75) is 12.5 Å². The molecule has 0 unspecified atom stereocenters. The molecule has 0 amide bonds.